The highest BCUT2D eigenvalue weighted by Gasteiger charge is 2.46. The minimum Gasteiger partial charge on any atom is -0.457 e. The monoisotopic (exact) mass is 382 g/mol. The van der Waals surface area contributed by atoms with Crippen molar-refractivity contribution in [2.24, 2.45) is 0 Å². The number of nitrogens with zero attached hydrogens (tertiary/aromatic N) is 1. The van der Waals surface area contributed by atoms with Crippen molar-refractivity contribution >= 4 is 11.6 Å². The number of nitrogens with one attached hydrogen (secondary N) is 1. The van der Waals surface area contributed by atoms with Crippen molar-refractivity contribution < 1.29 is 19.4 Å². The predicted octanol–water partition coefficient (Wildman–Crippen LogP) is 3.03. The number of piperidine rings is 1. The zero-order valence-electron chi connectivity index (χ0n) is 15.8. The average molecular weight is 382 g/mol. The van der Waals surface area contributed by atoms with Gasteiger partial charge in [0.15, 0.2) is 0 Å². The van der Waals surface area contributed by atoms with Gasteiger partial charge >= 0.3 is 0 Å². The molecule has 0 aromatic heterocycles. The van der Waals surface area contributed by atoms with Crippen LogP contribution in [-0.4, -0.2) is 53.9 Å². The van der Waals surface area contributed by atoms with Crippen LogP contribution in [0.15, 0.2) is 54.6 Å². The maximum Gasteiger partial charge on any atom is 0.238 e. The molecule has 6 heteroatoms. The molecule has 0 bridgehead atoms. The van der Waals surface area contributed by atoms with Gasteiger partial charge in [0.05, 0.1) is 12.6 Å². The predicted molar refractivity (Wildman–Crippen MR) is 107 cm³/mol. The first-order valence-corrected chi connectivity index (χ1v) is 9.80. The van der Waals surface area contributed by atoms with Crippen LogP contribution < -0.4 is 10.1 Å². The van der Waals surface area contributed by atoms with E-state index in [0.717, 1.165) is 30.0 Å². The summed E-state index contributed by atoms with van der Waals surface area (Å²) in [4.78, 5) is 14.5. The molecule has 0 unspecified atom stereocenters. The number of carbonyl (C=O) groups excluding carboxylic acids is 1. The molecule has 2 N–H and O–H groups in total. The number of amides is 1. The molecule has 1 amide bonds. The van der Waals surface area contributed by atoms with E-state index < -0.39 is 11.7 Å². The Bertz CT molecular complexity index is 788. The largest absolute Gasteiger partial charge is 0.457 e. The van der Waals surface area contributed by atoms with Gasteiger partial charge in [-0.05, 0) is 55.7 Å². The van der Waals surface area contributed by atoms with Crippen molar-refractivity contribution in [1.29, 1.82) is 0 Å². The molecule has 2 aliphatic heterocycles. The highest BCUT2D eigenvalue weighted by Crippen LogP contribution is 2.34. The number of benzene rings is 2. The zero-order chi connectivity index (χ0) is 19.4. The van der Waals surface area contributed by atoms with Gasteiger partial charge in [0.25, 0.3) is 0 Å². The number of likely N-dealkylation sites (tertiary alicyclic amines) is 1. The molecule has 2 aliphatic rings. The number of hydrogen-bond acceptors (Lipinski definition) is 5. The third-order valence-corrected chi connectivity index (χ3v) is 5.44. The lowest BCUT2D eigenvalue weighted by Gasteiger charge is -2.42. The lowest BCUT2D eigenvalue weighted by molar-refractivity contribution is -0.137. The summed E-state index contributed by atoms with van der Waals surface area (Å²) in [6.07, 6.45) is 2.02. The molecule has 4 rings (SSSR count). The van der Waals surface area contributed by atoms with Gasteiger partial charge in [-0.2, -0.15) is 0 Å². The van der Waals surface area contributed by atoms with Crippen molar-refractivity contribution in [2.75, 3.05) is 31.6 Å². The summed E-state index contributed by atoms with van der Waals surface area (Å²) in [7, 11) is 0. The standard InChI is InChI=1S/C22H26N2O4/c25-20-11-13-24(16-22(20)12-4-14-27-22)15-21(26)23-17-7-9-19(10-8-17)28-18-5-2-1-3-6-18/h1-3,5-10,20,25H,4,11-16H2,(H,23,26)/t20-,22-/m0/s1. The molecule has 2 saturated heterocycles. The second-order valence-corrected chi connectivity index (χ2v) is 7.52. The van der Waals surface area contributed by atoms with Crippen molar-refractivity contribution in [3.63, 3.8) is 0 Å². The first kappa shape index (κ1) is 18.9. The van der Waals surface area contributed by atoms with E-state index in [2.05, 4.69) is 10.2 Å². The number of aliphatic hydroxyl groups excluding tert-OH is 1. The lowest BCUT2D eigenvalue weighted by atomic mass is 9.87. The summed E-state index contributed by atoms with van der Waals surface area (Å²) < 4.78 is 11.6. The van der Waals surface area contributed by atoms with Gasteiger partial charge in [-0.1, -0.05) is 18.2 Å². The minimum atomic E-state index is -0.491. The fourth-order valence-corrected chi connectivity index (χ4v) is 4.01. The first-order valence-electron chi connectivity index (χ1n) is 9.80. The van der Waals surface area contributed by atoms with Gasteiger partial charge in [0.1, 0.15) is 17.1 Å². The average Bonchev–Trinajstić information content (AvgIpc) is 3.16. The molecule has 2 aromatic rings. The van der Waals surface area contributed by atoms with Crippen LogP contribution in [0.5, 0.6) is 11.5 Å². The number of para-hydroxylation sites is 1. The van der Waals surface area contributed by atoms with Gasteiger partial charge in [0, 0.05) is 25.4 Å². The summed E-state index contributed by atoms with van der Waals surface area (Å²) >= 11 is 0. The van der Waals surface area contributed by atoms with E-state index in [-0.39, 0.29) is 5.91 Å². The van der Waals surface area contributed by atoms with Gasteiger partial charge in [-0.15, -0.1) is 0 Å². The fraction of sp³-hybridized carbons (Fsp3) is 0.409. The lowest BCUT2D eigenvalue weighted by Crippen LogP contribution is -2.57. The van der Waals surface area contributed by atoms with E-state index in [1.807, 2.05) is 54.6 Å². The van der Waals surface area contributed by atoms with Crippen LogP contribution in [0.4, 0.5) is 5.69 Å². The van der Waals surface area contributed by atoms with Crippen LogP contribution in [0, 0.1) is 0 Å². The Morgan fingerprint density at radius 3 is 2.64 bits per heavy atom. The summed E-state index contributed by atoms with van der Waals surface area (Å²) in [6, 6.07) is 16.9. The SMILES string of the molecule is O=C(CN1CC[C@H](O)[C@]2(CCCO2)C1)Nc1ccc(Oc2ccccc2)cc1. The number of ether oxygens (including phenoxy) is 2. The Kier molecular flexibility index (Phi) is 5.62. The van der Waals surface area contributed by atoms with Crippen molar-refractivity contribution in [3.05, 3.63) is 54.6 Å². The Hall–Kier alpha value is -2.41. The molecular weight excluding hydrogens is 356 g/mol. The van der Waals surface area contributed by atoms with Gasteiger partial charge < -0.3 is 19.9 Å². The highest BCUT2D eigenvalue weighted by atomic mass is 16.5. The van der Waals surface area contributed by atoms with Crippen LogP contribution >= 0.6 is 0 Å². The third kappa shape index (κ3) is 4.35. The molecule has 0 saturated carbocycles. The second-order valence-electron chi connectivity index (χ2n) is 7.52. The molecule has 148 valence electrons. The van der Waals surface area contributed by atoms with E-state index in [1.54, 1.807) is 0 Å². The Labute approximate surface area is 165 Å². The van der Waals surface area contributed by atoms with Crippen LogP contribution in [0.3, 0.4) is 0 Å². The zero-order valence-corrected chi connectivity index (χ0v) is 15.8. The molecule has 28 heavy (non-hydrogen) atoms. The molecule has 2 aromatic carbocycles. The quantitative estimate of drug-likeness (QED) is 0.832. The molecule has 2 heterocycles. The Morgan fingerprint density at radius 2 is 1.93 bits per heavy atom. The number of aliphatic hydroxyl groups is 1. The summed E-state index contributed by atoms with van der Waals surface area (Å²) in [5.74, 6) is 1.42. The Morgan fingerprint density at radius 1 is 1.18 bits per heavy atom. The minimum absolute atomic E-state index is 0.0683. The van der Waals surface area contributed by atoms with Crippen molar-refractivity contribution in [2.45, 2.75) is 31.0 Å². The molecule has 2 atom stereocenters. The van der Waals surface area contributed by atoms with Gasteiger partial charge in [0.2, 0.25) is 5.91 Å². The smallest absolute Gasteiger partial charge is 0.238 e. The molecule has 0 aliphatic carbocycles. The van der Waals surface area contributed by atoms with Crippen LogP contribution in [-0.2, 0) is 9.53 Å². The molecule has 0 radical (unpaired) electrons. The molecule has 2 fully saturated rings. The number of hydrogen-bond donors (Lipinski definition) is 2. The topological polar surface area (TPSA) is 71.0 Å². The van der Waals surface area contributed by atoms with Crippen LogP contribution in [0.2, 0.25) is 0 Å². The van der Waals surface area contributed by atoms with Crippen LogP contribution in [0.1, 0.15) is 19.3 Å². The van der Waals surface area contributed by atoms with E-state index in [0.29, 0.717) is 32.7 Å². The van der Waals surface area contributed by atoms with E-state index in [4.69, 9.17) is 9.47 Å². The molecule has 6 nitrogen and oxygen atoms in total. The van der Waals surface area contributed by atoms with E-state index in [1.165, 1.54) is 0 Å². The summed E-state index contributed by atoms with van der Waals surface area (Å²) in [5, 5.41) is 13.2. The second kappa shape index (κ2) is 8.31. The van der Waals surface area contributed by atoms with Gasteiger partial charge in [-0.25, -0.2) is 0 Å². The molecule has 1 spiro atoms. The normalized spacial score (nSPS) is 25.0. The maximum atomic E-state index is 12.5. The molecular formula is C22H26N2O4. The fourth-order valence-electron chi connectivity index (χ4n) is 4.01. The number of carbonyl (C=O) groups is 1. The summed E-state index contributed by atoms with van der Waals surface area (Å²) in [6.45, 7) is 2.28. The maximum absolute atomic E-state index is 12.5. The van der Waals surface area contributed by atoms with Crippen molar-refractivity contribution in [1.82, 2.24) is 4.90 Å². The Balaban J connectivity index is 1.30. The van der Waals surface area contributed by atoms with Gasteiger partial charge in [-0.3, -0.25) is 9.69 Å². The number of rotatable bonds is 5. The first-order chi connectivity index (χ1) is 13.6. The van der Waals surface area contributed by atoms with Crippen LogP contribution in [0.25, 0.3) is 0 Å². The van der Waals surface area contributed by atoms with E-state index >= 15 is 0 Å². The highest BCUT2D eigenvalue weighted by molar-refractivity contribution is 5.92. The summed E-state index contributed by atoms with van der Waals surface area (Å²) in [5.41, 5.74) is 0.240. The number of anilines is 1. The van der Waals surface area contributed by atoms with E-state index in [9.17, 15) is 9.90 Å². The van der Waals surface area contributed by atoms with Crippen molar-refractivity contribution in [3.8, 4) is 11.5 Å². The third-order valence-electron chi connectivity index (χ3n) is 5.44.